The van der Waals surface area contributed by atoms with E-state index < -0.39 is 0 Å². The Kier molecular flexibility index (Phi) is 2.25. The van der Waals surface area contributed by atoms with E-state index in [1.807, 2.05) is 4.40 Å². The summed E-state index contributed by atoms with van der Waals surface area (Å²) in [4.78, 5) is 11.2. The molecule has 1 fully saturated rings. The van der Waals surface area contributed by atoms with E-state index in [9.17, 15) is 4.79 Å². The minimum absolute atomic E-state index is 0.00711. The molecule has 0 spiro atoms. The molecular weight excluding hydrogens is 206 g/mol. The molecule has 16 heavy (non-hydrogen) atoms. The van der Waals surface area contributed by atoms with Crippen LogP contribution in [0.1, 0.15) is 18.7 Å². The minimum atomic E-state index is -0.00711. The van der Waals surface area contributed by atoms with E-state index in [2.05, 4.69) is 10.2 Å². The molecule has 0 saturated carbocycles. The molecular formula is C11H13N3O2. The molecule has 0 radical (unpaired) electrons. The average Bonchev–Trinajstić information content (AvgIpc) is 2.89. The molecule has 3 rings (SSSR count). The van der Waals surface area contributed by atoms with Gasteiger partial charge >= 0.3 is 0 Å². The fourth-order valence-corrected chi connectivity index (χ4v) is 2.12. The van der Waals surface area contributed by atoms with Gasteiger partial charge in [-0.3, -0.25) is 14.3 Å². The van der Waals surface area contributed by atoms with Crippen LogP contribution >= 0.6 is 0 Å². The molecule has 1 atom stereocenters. The van der Waals surface area contributed by atoms with Crippen molar-refractivity contribution >= 4 is 5.65 Å². The number of aromatic amines is 1. The quantitative estimate of drug-likeness (QED) is 0.810. The topological polar surface area (TPSA) is 59.4 Å². The van der Waals surface area contributed by atoms with Crippen molar-refractivity contribution in [3.05, 3.63) is 34.4 Å². The highest BCUT2D eigenvalue weighted by Gasteiger charge is 2.18. The molecule has 0 bridgehead atoms. The van der Waals surface area contributed by atoms with Gasteiger partial charge in [-0.1, -0.05) is 0 Å². The number of aromatic nitrogens is 3. The Morgan fingerprint density at radius 3 is 3.38 bits per heavy atom. The van der Waals surface area contributed by atoms with E-state index in [1.165, 1.54) is 0 Å². The summed E-state index contributed by atoms with van der Waals surface area (Å²) in [6.07, 6.45) is 5.04. The smallest absolute Gasteiger partial charge is 0.183 e. The Morgan fingerprint density at radius 1 is 1.62 bits per heavy atom. The van der Waals surface area contributed by atoms with Crippen molar-refractivity contribution in [1.29, 1.82) is 0 Å². The molecule has 0 aliphatic carbocycles. The number of rotatable bonds is 2. The Labute approximate surface area is 92.1 Å². The first kappa shape index (κ1) is 9.59. The van der Waals surface area contributed by atoms with Gasteiger partial charge in [0.15, 0.2) is 5.43 Å². The second-order valence-electron chi connectivity index (χ2n) is 4.10. The molecule has 2 aromatic heterocycles. The summed E-state index contributed by atoms with van der Waals surface area (Å²) in [6, 6.07) is 3.09. The van der Waals surface area contributed by atoms with Gasteiger partial charge in [0.1, 0.15) is 11.5 Å². The van der Waals surface area contributed by atoms with E-state index in [1.54, 1.807) is 18.3 Å². The molecule has 2 aromatic rings. The van der Waals surface area contributed by atoms with Crippen LogP contribution in [-0.4, -0.2) is 27.3 Å². The van der Waals surface area contributed by atoms with Crippen molar-refractivity contribution in [2.45, 2.75) is 25.4 Å². The first-order chi connectivity index (χ1) is 7.83. The van der Waals surface area contributed by atoms with Gasteiger partial charge in [0.25, 0.3) is 0 Å². The Morgan fingerprint density at radius 2 is 2.56 bits per heavy atom. The van der Waals surface area contributed by atoms with Gasteiger partial charge < -0.3 is 4.74 Å². The molecule has 1 aliphatic rings. The van der Waals surface area contributed by atoms with Crippen LogP contribution in [0.25, 0.3) is 5.65 Å². The van der Waals surface area contributed by atoms with Crippen molar-refractivity contribution in [1.82, 2.24) is 14.6 Å². The van der Waals surface area contributed by atoms with Gasteiger partial charge in [-0.05, 0) is 12.8 Å². The normalized spacial score (nSPS) is 20.6. The molecule has 1 saturated heterocycles. The van der Waals surface area contributed by atoms with Crippen molar-refractivity contribution in [3.8, 4) is 0 Å². The first-order valence-electron chi connectivity index (χ1n) is 5.50. The van der Waals surface area contributed by atoms with Crippen LogP contribution in [0.3, 0.4) is 0 Å². The number of ether oxygens (including phenoxy) is 1. The van der Waals surface area contributed by atoms with Gasteiger partial charge in [0.2, 0.25) is 0 Å². The van der Waals surface area contributed by atoms with Crippen molar-refractivity contribution in [2.24, 2.45) is 0 Å². The molecule has 0 amide bonds. The molecule has 1 N–H and O–H groups in total. The monoisotopic (exact) mass is 219 g/mol. The summed E-state index contributed by atoms with van der Waals surface area (Å²) in [6.45, 7) is 0.850. The highest BCUT2D eigenvalue weighted by Crippen LogP contribution is 2.16. The second kappa shape index (κ2) is 3.75. The van der Waals surface area contributed by atoms with Crippen molar-refractivity contribution < 1.29 is 4.74 Å². The largest absolute Gasteiger partial charge is 0.378 e. The van der Waals surface area contributed by atoms with Gasteiger partial charge in [-0.15, -0.1) is 0 Å². The molecule has 1 aliphatic heterocycles. The number of nitrogens with zero attached hydrogens (tertiary/aromatic N) is 2. The maximum atomic E-state index is 11.2. The summed E-state index contributed by atoms with van der Waals surface area (Å²) in [5.41, 5.74) is 0.729. The van der Waals surface area contributed by atoms with Crippen molar-refractivity contribution in [2.75, 3.05) is 6.61 Å². The molecule has 0 aromatic carbocycles. The number of hydrogen-bond acceptors (Lipinski definition) is 3. The van der Waals surface area contributed by atoms with E-state index in [4.69, 9.17) is 4.74 Å². The zero-order valence-corrected chi connectivity index (χ0v) is 8.85. The summed E-state index contributed by atoms with van der Waals surface area (Å²) in [5.74, 6) is 0.918. The zero-order chi connectivity index (χ0) is 11.0. The lowest BCUT2D eigenvalue weighted by molar-refractivity contribution is 0.109. The molecule has 5 nitrogen and oxygen atoms in total. The number of nitrogens with one attached hydrogen (secondary N) is 1. The van der Waals surface area contributed by atoms with Crippen LogP contribution in [0.2, 0.25) is 0 Å². The maximum absolute atomic E-state index is 11.2. The summed E-state index contributed by atoms with van der Waals surface area (Å²) >= 11 is 0. The van der Waals surface area contributed by atoms with Gasteiger partial charge in [-0.25, -0.2) is 0 Å². The van der Waals surface area contributed by atoms with Crippen LogP contribution in [0, 0.1) is 0 Å². The predicted molar refractivity (Wildman–Crippen MR) is 58.5 cm³/mol. The second-order valence-corrected chi connectivity index (χ2v) is 4.10. The highest BCUT2D eigenvalue weighted by molar-refractivity contribution is 5.37. The predicted octanol–water partition coefficient (Wildman–Crippen LogP) is 0.744. The summed E-state index contributed by atoms with van der Waals surface area (Å²) in [7, 11) is 0. The summed E-state index contributed by atoms with van der Waals surface area (Å²) < 4.78 is 7.48. The van der Waals surface area contributed by atoms with E-state index in [0.29, 0.717) is 0 Å². The fourth-order valence-electron chi connectivity index (χ4n) is 2.12. The van der Waals surface area contributed by atoms with Crippen LogP contribution in [-0.2, 0) is 11.2 Å². The van der Waals surface area contributed by atoms with Crippen LogP contribution in [0.15, 0.2) is 23.1 Å². The lowest BCUT2D eigenvalue weighted by atomic mass is 10.2. The average molecular weight is 219 g/mol. The summed E-state index contributed by atoms with van der Waals surface area (Å²) in [5, 5.41) is 7.08. The number of hydrogen-bond donors (Lipinski definition) is 1. The van der Waals surface area contributed by atoms with E-state index in [0.717, 1.165) is 37.3 Å². The molecule has 84 valence electrons. The molecule has 1 unspecified atom stereocenters. The molecule has 5 heteroatoms. The van der Waals surface area contributed by atoms with Crippen LogP contribution in [0.4, 0.5) is 0 Å². The van der Waals surface area contributed by atoms with Gasteiger partial charge in [0, 0.05) is 31.4 Å². The van der Waals surface area contributed by atoms with Gasteiger partial charge in [-0.2, -0.15) is 5.10 Å². The SMILES string of the molecule is O=c1ccn2c(CC3CCCO3)n[nH]c2c1. The van der Waals surface area contributed by atoms with Crippen LogP contribution < -0.4 is 5.43 Å². The maximum Gasteiger partial charge on any atom is 0.183 e. The first-order valence-corrected chi connectivity index (χ1v) is 5.50. The third-order valence-electron chi connectivity index (χ3n) is 2.94. The van der Waals surface area contributed by atoms with E-state index in [-0.39, 0.29) is 11.5 Å². The highest BCUT2D eigenvalue weighted by atomic mass is 16.5. The third kappa shape index (κ3) is 1.63. The van der Waals surface area contributed by atoms with Crippen LogP contribution in [0.5, 0.6) is 0 Å². The fraction of sp³-hybridized carbons (Fsp3) is 0.455. The zero-order valence-electron chi connectivity index (χ0n) is 8.85. The Bertz CT molecular complexity index is 552. The third-order valence-corrected chi connectivity index (χ3v) is 2.94. The lowest BCUT2D eigenvalue weighted by Crippen LogP contribution is -2.12. The van der Waals surface area contributed by atoms with E-state index >= 15 is 0 Å². The number of H-pyrrole nitrogens is 1. The minimum Gasteiger partial charge on any atom is -0.378 e. The molecule has 3 heterocycles. The lowest BCUT2D eigenvalue weighted by Gasteiger charge is -2.06. The standard InChI is InChI=1S/C11H13N3O2/c15-8-3-4-14-10(6-8)12-13-11(14)7-9-2-1-5-16-9/h3-4,6,9,12H,1-2,5,7H2. The van der Waals surface area contributed by atoms with Gasteiger partial charge in [0.05, 0.1) is 6.10 Å². The van der Waals surface area contributed by atoms with Crippen molar-refractivity contribution in [3.63, 3.8) is 0 Å². The number of fused-ring (bicyclic) bond motifs is 1. The Hall–Kier alpha value is -1.62. The Balaban J connectivity index is 1.94. The number of pyridine rings is 1.